The molecule has 0 aliphatic heterocycles. The van der Waals surface area contributed by atoms with Crippen molar-refractivity contribution in [3.8, 4) is 23.3 Å². The summed E-state index contributed by atoms with van der Waals surface area (Å²) in [5.41, 5.74) is 8.34. The van der Waals surface area contributed by atoms with Gasteiger partial charge >= 0.3 is 0 Å². The Balaban J connectivity index is 1.24. The summed E-state index contributed by atoms with van der Waals surface area (Å²) in [4.78, 5) is 2.24. The second-order valence-corrected chi connectivity index (χ2v) is 10.9. The minimum absolute atomic E-state index is 0.644. The molecule has 0 saturated heterocycles. The summed E-state index contributed by atoms with van der Waals surface area (Å²) < 4.78 is 6.04. The van der Waals surface area contributed by atoms with E-state index < -0.39 is 0 Å². The summed E-state index contributed by atoms with van der Waals surface area (Å²) in [6, 6.07) is 51.8. The maximum Gasteiger partial charge on any atom is 0.135 e. The van der Waals surface area contributed by atoms with Crippen molar-refractivity contribution in [1.82, 2.24) is 0 Å². The first-order chi connectivity index (χ1) is 21.7. The molecule has 0 N–H and O–H groups in total. The Bertz CT molecular complexity index is 2380. The number of hydrogen-bond acceptors (Lipinski definition) is 4. The summed E-state index contributed by atoms with van der Waals surface area (Å²) in [6.45, 7) is 0. The van der Waals surface area contributed by atoms with Gasteiger partial charge < -0.3 is 9.32 Å². The minimum atomic E-state index is 0.644. The molecule has 0 fully saturated rings. The van der Waals surface area contributed by atoms with Crippen LogP contribution < -0.4 is 4.90 Å². The van der Waals surface area contributed by atoms with Crippen LogP contribution in [0.3, 0.4) is 0 Å². The second kappa shape index (κ2) is 10.2. The molecule has 4 heteroatoms. The van der Waals surface area contributed by atoms with Gasteiger partial charge in [0.1, 0.15) is 11.2 Å². The Hall–Kier alpha value is -6.36. The molecular weight excluding hydrogens is 538 g/mol. The molecule has 204 valence electrons. The van der Waals surface area contributed by atoms with Gasteiger partial charge in [-0.1, -0.05) is 60.7 Å². The number of para-hydroxylation sites is 1. The van der Waals surface area contributed by atoms with Gasteiger partial charge in [-0.3, -0.25) is 0 Å². The zero-order valence-electron chi connectivity index (χ0n) is 23.5. The number of fused-ring (bicyclic) bond motifs is 5. The Morgan fingerprint density at radius 1 is 0.432 bits per heavy atom. The van der Waals surface area contributed by atoms with Crippen molar-refractivity contribution in [3.63, 3.8) is 0 Å². The van der Waals surface area contributed by atoms with Crippen molar-refractivity contribution in [3.05, 3.63) is 151 Å². The average Bonchev–Trinajstić information content (AvgIpc) is 3.46. The Kier molecular flexibility index (Phi) is 5.86. The standard InChI is InChI=1S/C40H23N3O/c41-24-26-5-7-31-21-35(16-11-29(31)19-26)43(36-17-12-30-20-27(25-42)6-8-32(30)22-36)34-14-9-28(10-15-34)33-13-18-40-38(23-33)37-3-1-2-4-39(37)44-40/h1-23H. The Morgan fingerprint density at radius 3 is 1.59 bits per heavy atom. The highest BCUT2D eigenvalue weighted by Crippen LogP contribution is 2.39. The van der Waals surface area contributed by atoms with Crippen molar-refractivity contribution in [1.29, 1.82) is 10.5 Å². The van der Waals surface area contributed by atoms with Crippen molar-refractivity contribution < 1.29 is 4.42 Å². The van der Waals surface area contributed by atoms with Crippen LogP contribution in [-0.2, 0) is 0 Å². The lowest BCUT2D eigenvalue weighted by molar-refractivity contribution is 0.669. The van der Waals surface area contributed by atoms with E-state index in [1.54, 1.807) is 0 Å². The highest BCUT2D eigenvalue weighted by molar-refractivity contribution is 6.06. The molecule has 1 aromatic heterocycles. The fourth-order valence-electron chi connectivity index (χ4n) is 6.04. The van der Waals surface area contributed by atoms with Crippen LogP contribution in [0.2, 0.25) is 0 Å². The van der Waals surface area contributed by atoms with Gasteiger partial charge in [-0.25, -0.2) is 0 Å². The van der Waals surface area contributed by atoms with Crippen LogP contribution in [0.25, 0.3) is 54.6 Å². The molecule has 0 amide bonds. The highest BCUT2D eigenvalue weighted by atomic mass is 16.3. The SMILES string of the molecule is N#Cc1ccc2cc(N(c3ccc(-c4ccc5oc6ccccc6c5c4)cc3)c3ccc4cc(C#N)ccc4c3)ccc2c1. The first-order valence-electron chi connectivity index (χ1n) is 14.4. The quantitative estimate of drug-likeness (QED) is 0.214. The number of anilines is 3. The third kappa shape index (κ3) is 4.31. The zero-order valence-corrected chi connectivity index (χ0v) is 23.5. The third-order valence-corrected chi connectivity index (χ3v) is 8.26. The van der Waals surface area contributed by atoms with Gasteiger partial charge in [-0.2, -0.15) is 10.5 Å². The molecule has 8 rings (SSSR count). The normalized spacial score (nSPS) is 11.1. The highest BCUT2D eigenvalue weighted by Gasteiger charge is 2.15. The number of benzene rings is 7. The van der Waals surface area contributed by atoms with Crippen LogP contribution in [0.1, 0.15) is 11.1 Å². The van der Waals surface area contributed by atoms with Crippen LogP contribution in [0.5, 0.6) is 0 Å². The summed E-state index contributed by atoms with van der Waals surface area (Å²) in [5, 5.41) is 25.1. The number of furan rings is 1. The van der Waals surface area contributed by atoms with Crippen LogP contribution in [0.15, 0.2) is 144 Å². The van der Waals surface area contributed by atoms with E-state index >= 15 is 0 Å². The van der Waals surface area contributed by atoms with E-state index in [4.69, 9.17) is 4.42 Å². The van der Waals surface area contributed by atoms with E-state index in [9.17, 15) is 10.5 Å². The van der Waals surface area contributed by atoms with E-state index in [2.05, 4.69) is 95.9 Å². The molecule has 0 unspecified atom stereocenters. The molecule has 7 aromatic carbocycles. The van der Waals surface area contributed by atoms with Crippen molar-refractivity contribution in [2.75, 3.05) is 4.90 Å². The molecule has 44 heavy (non-hydrogen) atoms. The lowest BCUT2D eigenvalue weighted by Gasteiger charge is -2.26. The molecule has 0 radical (unpaired) electrons. The molecule has 0 atom stereocenters. The lowest BCUT2D eigenvalue weighted by atomic mass is 10.0. The maximum atomic E-state index is 9.37. The van der Waals surface area contributed by atoms with Crippen LogP contribution in [-0.4, -0.2) is 0 Å². The predicted molar refractivity (Wildman–Crippen MR) is 178 cm³/mol. The van der Waals surface area contributed by atoms with E-state index in [0.29, 0.717) is 11.1 Å². The van der Waals surface area contributed by atoms with Crippen LogP contribution in [0.4, 0.5) is 17.1 Å². The van der Waals surface area contributed by atoms with Crippen LogP contribution >= 0.6 is 0 Å². The maximum absolute atomic E-state index is 9.37. The molecule has 0 spiro atoms. The van der Waals surface area contributed by atoms with Gasteiger partial charge in [-0.15, -0.1) is 0 Å². The third-order valence-electron chi connectivity index (χ3n) is 8.26. The fourth-order valence-corrected chi connectivity index (χ4v) is 6.04. The van der Waals surface area contributed by atoms with E-state index in [0.717, 1.165) is 71.7 Å². The molecule has 0 aliphatic rings. The summed E-state index contributed by atoms with van der Waals surface area (Å²) in [6.07, 6.45) is 0. The lowest BCUT2D eigenvalue weighted by Crippen LogP contribution is -2.10. The molecule has 1 heterocycles. The van der Waals surface area contributed by atoms with Gasteiger partial charge in [-0.05, 0) is 112 Å². The van der Waals surface area contributed by atoms with E-state index in [-0.39, 0.29) is 0 Å². The Labute approximate surface area is 253 Å². The molecular formula is C40H23N3O. The molecule has 4 nitrogen and oxygen atoms in total. The van der Waals surface area contributed by atoms with E-state index in [1.165, 1.54) is 0 Å². The Morgan fingerprint density at radius 2 is 0.955 bits per heavy atom. The minimum Gasteiger partial charge on any atom is -0.456 e. The molecule has 0 aliphatic carbocycles. The van der Waals surface area contributed by atoms with E-state index in [1.807, 2.05) is 60.7 Å². The summed E-state index contributed by atoms with van der Waals surface area (Å²) in [5.74, 6) is 0. The topological polar surface area (TPSA) is 64.0 Å². The smallest absolute Gasteiger partial charge is 0.135 e. The largest absolute Gasteiger partial charge is 0.456 e. The van der Waals surface area contributed by atoms with Crippen LogP contribution in [0, 0.1) is 22.7 Å². The average molecular weight is 562 g/mol. The van der Waals surface area contributed by atoms with Gasteiger partial charge in [0, 0.05) is 27.8 Å². The number of nitriles is 2. The summed E-state index contributed by atoms with van der Waals surface area (Å²) in [7, 11) is 0. The second-order valence-electron chi connectivity index (χ2n) is 10.9. The van der Waals surface area contributed by atoms with Gasteiger partial charge in [0.2, 0.25) is 0 Å². The van der Waals surface area contributed by atoms with Gasteiger partial charge in [0.25, 0.3) is 0 Å². The molecule has 0 bridgehead atoms. The molecule has 0 saturated carbocycles. The zero-order chi connectivity index (χ0) is 29.6. The number of hydrogen-bond donors (Lipinski definition) is 0. The summed E-state index contributed by atoms with van der Waals surface area (Å²) >= 11 is 0. The molecule has 8 aromatic rings. The number of rotatable bonds is 4. The predicted octanol–water partition coefficient (Wildman–Crippen LogP) is 10.8. The van der Waals surface area contributed by atoms with Gasteiger partial charge in [0.15, 0.2) is 0 Å². The first kappa shape index (κ1) is 25.4. The number of nitrogens with zero attached hydrogens (tertiary/aromatic N) is 3. The van der Waals surface area contributed by atoms with Crippen molar-refractivity contribution in [2.24, 2.45) is 0 Å². The van der Waals surface area contributed by atoms with Gasteiger partial charge in [0.05, 0.1) is 23.3 Å². The monoisotopic (exact) mass is 561 g/mol. The fraction of sp³-hybridized carbons (Fsp3) is 0. The van der Waals surface area contributed by atoms with Crippen molar-refractivity contribution >= 4 is 60.5 Å². The van der Waals surface area contributed by atoms with Crippen molar-refractivity contribution in [2.45, 2.75) is 0 Å². The first-order valence-corrected chi connectivity index (χ1v) is 14.4.